The number of rotatable bonds is 3. The van der Waals surface area contributed by atoms with Crippen LogP contribution in [0, 0.1) is 0 Å². The summed E-state index contributed by atoms with van der Waals surface area (Å²) in [5.74, 6) is 0. The van der Waals surface area contributed by atoms with Crippen LogP contribution in [0.3, 0.4) is 0 Å². The smallest absolute Gasteiger partial charge is 0.0595 e. The number of piperidine rings is 1. The molecule has 1 aliphatic rings. The van der Waals surface area contributed by atoms with Crippen LogP contribution >= 0.6 is 23.2 Å². The van der Waals surface area contributed by atoms with Crippen LogP contribution in [-0.2, 0) is 0 Å². The maximum Gasteiger partial charge on any atom is 0.0595 e. The Morgan fingerprint density at radius 2 is 2.18 bits per heavy atom. The van der Waals surface area contributed by atoms with Crippen LogP contribution in [-0.4, -0.2) is 19.1 Å². The van der Waals surface area contributed by atoms with Crippen molar-refractivity contribution in [1.82, 2.24) is 10.6 Å². The fourth-order valence-electron chi connectivity index (χ4n) is 2.23. The molecule has 0 amide bonds. The van der Waals surface area contributed by atoms with Gasteiger partial charge in [0, 0.05) is 18.6 Å². The standard InChI is InChI=1S/C13H18Cl2N2/c1-9(17-11-3-2-6-16-8-11)10-4-5-12(14)13(15)7-10/h4-5,7,9,11,16-17H,2-3,6,8H2,1H3. The summed E-state index contributed by atoms with van der Waals surface area (Å²) in [6, 6.07) is 6.68. The highest BCUT2D eigenvalue weighted by molar-refractivity contribution is 6.42. The summed E-state index contributed by atoms with van der Waals surface area (Å²) in [6.07, 6.45) is 2.48. The fraction of sp³-hybridized carbons (Fsp3) is 0.538. The monoisotopic (exact) mass is 272 g/mol. The van der Waals surface area contributed by atoms with Crippen LogP contribution in [0.25, 0.3) is 0 Å². The van der Waals surface area contributed by atoms with Crippen molar-refractivity contribution >= 4 is 23.2 Å². The van der Waals surface area contributed by atoms with Gasteiger partial charge in [-0.25, -0.2) is 0 Å². The van der Waals surface area contributed by atoms with Gasteiger partial charge in [0.1, 0.15) is 0 Å². The molecular formula is C13H18Cl2N2. The molecule has 0 aliphatic carbocycles. The van der Waals surface area contributed by atoms with Gasteiger partial charge in [-0.05, 0) is 44.0 Å². The molecule has 1 aromatic rings. The normalized spacial score (nSPS) is 22.4. The first-order chi connectivity index (χ1) is 8.16. The Balaban J connectivity index is 1.98. The van der Waals surface area contributed by atoms with E-state index in [9.17, 15) is 0 Å². The van der Waals surface area contributed by atoms with Crippen molar-refractivity contribution in [3.63, 3.8) is 0 Å². The lowest BCUT2D eigenvalue weighted by Crippen LogP contribution is -2.43. The molecule has 2 N–H and O–H groups in total. The van der Waals surface area contributed by atoms with E-state index >= 15 is 0 Å². The van der Waals surface area contributed by atoms with E-state index in [4.69, 9.17) is 23.2 Å². The van der Waals surface area contributed by atoms with E-state index in [0.29, 0.717) is 22.1 Å². The van der Waals surface area contributed by atoms with E-state index < -0.39 is 0 Å². The van der Waals surface area contributed by atoms with Crippen molar-refractivity contribution in [2.45, 2.75) is 31.8 Å². The lowest BCUT2D eigenvalue weighted by molar-refractivity contribution is 0.362. The second-order valence-electron chi connectivity index (χ2n) is 4.61. The Labute approximate surface area is 113 Å². The molecule has 0 saturated carbocycles. The van der Waals surface area contributed by atoms with Crippen molar-refractivity contribution in [3.05, 3.63) is 33.8 Å². The average molecular weight is 273 g/mol. The summed E-state index contributed by atoms with van der Waals surface area (Å²) in [5, 5.41) is 8.26. The Morgan fingerprint density at radius 1 is 1.35 bits per heavy atom. The third-order valence-corrected chi connectivity index (χ3v) is 3.97. The molecule has 1 fully saturated rings. The predicted octanol–water partition coefficient (Wildman–Crippen LogP) is 3.40. The van der Waals surface area contributed by atoms with Crippen LogP contribution in [0.2, 0.25) is 10.0 Å². The molecule has 2 unspecified atom stereocenters. The van der Waals surface area contributed by atoms with Crippen LogP contribution in [0.4, 0.5) is 0 Å². The minimum absolute atomic E-state index is 0.301. The second kappa shape index (κ2) is 6.05. The lowest BCUT2D eigenvalue weighted by atomic mass is 10.0. The van der Waals surface area contributed by atoms with Gasteiger partial charge in [-0.2, -0.15) is 0 Å². The number of hydrogen-bond donors (Lipinski definition) is 2. The van der Waals surface area contributed by atoms with Crippen molar-refractivity contribution in [2.24, 2.45) is 0 Å². The molecule has 2 atom stereocenters. The Kier molecular flexibility index (Phi) is 4.69. The largest absolute Gasteiger partial charge is 0.315 e. The van der Waals surface area contributed by atoms with E-state index in [1.807, 2.05) is 18.2 Å². The lowest BCUT2D eigenvalue weighted by Gasteiger charge is -2.27. The molecule has 17 heavy (non-hydrogen) atoms. The second-order valence-corrected chi connectivity index (χ2v) is 5.42. The van der Waals surface area contributed by atoms with E-state index in [1.54, 1.807) is 0 Å². The number of halogens is 2. The zero-order chi connectivity index (χ0) is 12.3. The summed E-state index contributed by atoms with van der Waals surface area (Å²) < 4.78 is 0. The van der Waals surface area contributed by atoms with Gasteiger partial charge in [0.2, 0.25) is 0 Å². The summed E-state index contributed by atoms with van der Waals surface area (Å²) in [5.41, 5.74) is 1.19. The van der Waals surface area contributed by atoms with E-state index in [0.717, 1.165) is 13.1 Å². The van der Waals surface area contributed by atoms with Gasteiger partial charge in [0.25, 0.3) is 0 Å². The predicted molar refractivity (Wildman–Crippen MR) is 73.9 cm³/mol. The van der Waals surface area contributed by atoms with Crippen LogP contribution in [0.15, 0.2) is 18.2 Å². The SMILES string of the molecule is CC(NC1CCCNC1)c1ccc(Cl)c(Cl)c1. The molecule has 2 nitrogen and oxygen atoms in total. The quantitative estimate of drug-likeness (QED) is 0.882. The molecule has 1 aromatic carbocycles. The molecule has 4 heteroatoms. The van der Waals surface area contributed by atoms with Crippen molar-refractivity contribution < 1.29 is 0 Å². The van der Waals surface area contributed by atoms with Crippen molar-refractivity contribution in [1.29, 1.82) is 0 Å². The maximum absolute atomic E-state index is 6.03. The summed E-state index contributed by atoms with van der Waals surface area (Å²) in [7, 11) is 0. The Hall–Kier alpha value is -0.280. The molecule has 1 aliphatic heterocycles. The van der Waals surface area contributed by atoms with Gasteiger partial charge in [-0.1, -0.05) is 29.3 Å². The molecule has 1 saturated heterocycles. The molecule has 0 spiro atoms. The first kappa shape index (κ1) is 13.2. The Bertz CT molecular complexity index is 376. The molecule has 0 bridgehead atoms. The highest BCUT2D eigenvalue weighted by atomic mass is 35.5. The molecule has 2 rings (SSSR count). The van der Waals surface area contributed by atoms with Gasteiger partial charge in [0.15, 0.2) is 0 Å². The number of hydrogen-bond acceptors (Lipinski definition) is 2. The van der Waals surface area contributed by atoms with Crippen LogP contribution < -0.4 is 10.6 Å². The summed E-state index contributed by atoms with van der Waals surface area (Å²) in [6.45, 7) is 4.35. The highest BCUT2D eigenvalue weighted by Crippen LogP contribution is 2.25. The topological polar surface area (TPSA) is 24.1 Å². The van der Waals surface area contributed by atoms with Gasteiger partial charge in [0.05, 0.1) is 10.0 Å². The van der Waals surface area contributed by atoms with Crippen molar-refractivity contribution in [3.8, 4) is 0 Å². The zero-order valence-electron chi connectivity index (χ0n) is 9.97. The summed E-state index contributed by atoms with van der Waals surface area (Å²) in [4.78, 5) is 0. The van der Waals surface area contributed by atoms with Crippen LogP contribution in [0.1, 0.15) is 31.4 Å². The van der Waals surface area contributed by atoms with Crippen molar-refractivity contribution in [2.75, 3.05) is 13.1 Å². The van der Waals surface area contributed by atoms with Gasteiger partial charge in [-0.3, -0.25) is 0 Å². The van der Waals surface area contributed by atoms with Gasteiger partial charge < -0.3 is 10.6 Å². The molecule has 1 heterocycles. The average Bonchev–Trinajstić information content (AvgIpc) is 2.34. The molecule has 94 valence electrons. The van der Waals surface area contributed by atoms with Crippen LogP contribution in [0.5, 0.6) is 0 Å². The molecule has 0 aromatic heterocycles. The minimum atomic E-state index is 0.301. The highest BCUT2D eigenvalue weighted by Gasteiger charge is 2.16. The van der Waals surface area contributed by atoms with E-state index in [1.165, 1.54) is 18.4 Å². The first-order valence-electron chi connectivity index (χ1n) is 6.08. The third kappa shape index (κ3) is 3.59. The molecule has 0 radical (unpaired) electrons. The van der Waals surface area contributed by atoms with Gasteiger partial charge in [-0.15, -0.1) is 0 Å². The van der Waals surface area contributed by atoms with Gasteiger partial charge >= 0.3 is 0 Å². The molecular weight excluding hydrogens is 255 g/mol. The zero-order valence-corrected chi connectivity index (χ0v) is 11.5. The van der Waals surface area contributed by atoms with E-state index in [-0.39, 0.29) is 0 Å². The fourth-order valence-corrected chi connectivity index (χ4v) is 2.53. The minimum Gasteiger partial charge on any atom is -0.315 e. The third-order valence-electron chi connectivity index (χ3n) is 3.23. The first-order valence-corrected chi connectivity index (χ1v) is 6.84. The summed E-state index contributed by atoms with van der Waals surface area (Å²) >= 11 is 11.9. The number of nitrogens with one attached hydrogen (secondary N) is 2. The number of benzene rings is 1. The maximum atomic E-state index is 6.03. The van der Waals surface area contributed by atoms with E-state index in [2.05, 4.69) is 17.6 Å². The Morgan fingerprint density at radius 3 is 2.82 bits per heavy atom.